The molecule has 3 aromatic carbocycles. The quantitative estimate of drug-likeness (QED) is 0.197. The van der Waals surface area contributed by atoms with Crippen molar-refractivity contribution < 1.29 is 15.0 Å². The largest absolute Gasteiger partial charge is 0.481 e. The molecule has 8 nitrogen and oxygen atoms in total. The van der Waals surface area contributed by atoms with Gasteiger partial charge >= 0.3 is 5.97 Å². The monoisotopic (exact) mass is 645 g/mol. The summed E-state index contributed by atoms with van der Waals surface area (Å²) in [6, 6.07) is 27.9. The van der Waals surface area contributed by atoms with Gasteiger partial charge in [-0.05, 0) is 75.3 Å². The number of aliphatic carboxylic acids is 1. The maximum atomic E-state index is 12.3. The minimum absolute atomic E-state index is 0.0731. The topological polar surface area (TPSA) is 104 Å². The molecule has 5 aromatic rings. The number of fused-ring (bicyclic) bond motifs is 3. The molecule has 4 heterocycles. The van der Waals surface area contributed by atoms with Crippen molar-refractivity contribution in [2.45, 2.75) is 52.2 Å². The van der Waals surface area contributed by atoms with Crippen LogP contribution in [0.4, 0.5) is 5.69 Å². The summed E-state index contributed by atoms with van der Waals surface area (Å²) < 4.78 is 1.99. The first-order chi connectivity index (χ1) is 22.7. The number of benzene rings is 3. The summed E-state index contributed by atoms with van der Waals surface area (Å²) in [6.07, 6.45) is 1.69. The number of aliphatic hydroxyl groups is 1. The summed E-state index contributed by atoms with van der Waals surface area (Å²) >= 11 is 1.66. The molecular formula is C38H39N5O3S. The summed E-state index contributed by atoms with van der Waals surface area (Å²) in [5.41, 5.74) is 5.77. The van der Waals surface area contributed by atoms with Crippen LogP contribution < -0.4 is 4.90 Å². The van der Waals surface area contributed by atoms with E-state index in [9.17, 15) is 15.0 Å². The molecule has 2 aliphatic heterocycles. The molecule has 0 bridgehead atoms. The fraction of sp³-hybridized carbons (Fsp3) is 0.316. The lowest BCUT2D eigenvalue weighted by molar-refractivity contribution is -0.141. The third-order valence-corrected chi connectivity index (χ3v) is 11.3. The summed E-state index contributed by atoms with van der Waals surface area (Å²) in [6.45, 7) is 9.44. The number of carboxylic acid groups (broad SMARTS) is 1. The standard InChI is InChI=1S/C38H39N5O3S/c1-23-25(3)47-36-32(23)34(39-33(24(2)37(44)45)35-41-40-26(4)43(35)36)27-15-17-31(18-16-27)42-21-19-30(20-22-42)38(46,28-11-7-5-8-12-28)29-13-9-6-10-14-29/h5-18,24,30,33,46H,19-22H2,1-4H3,(H,44,45)/t24-,33?/m0/s1. The number of rotatable bonds is 7. The molecule has 2 atom stereocenters. The lowest BCUT2D eigenvalue weighted by Crippen LogP contribution is -2.44. The van der Waals surface area contributed by atoms with E-state index in [-0.39, 0.29) is 5.92 Å². The highest BCUT2D eigenvalue weighted by molar-refractivity contribution is 7.15. The van der Waals surface area contributed by atoms with E-state index in [2.05, 4.69) is 53.2 Å². The maximum Gasteiger partial charge on any atom is 0.308 e. The Morgan fingerprint density at radius 1 is 0.894 bits per heavy atom. The Balaban J connectivity index is 1.19. The smallest absolute Gasteiger partial charge is 0.308 e. The molecule has 0 amide bonds. The Labute approximate surface area is 279 Å². The van der Waals surface area contributed by atoms with Crippen molar-refractivity contribution in [2.75, 3.05) is 18.0 Å². The number of carbonyl (C=O) groups is 1. The van der Waals surface area contributed by atoms with Crippen LogP contribution >= 0.6 is 11.3 Å². The van der Waals surface area contributed by atoms with Crippen LogP contribution in [-0.4, -0.2) is 49.7 Å². The van der Waals surface area contributed by atoms with Gasteiger partial charge in [-0.3, -0.25) is 14.4 Å². The van der Waals surface area contributed by atoms with Gasteiger partial charge in [-0.25, -0.2) is 0 Å². The SMILES string of the molecule is Cc1sc2c(c1C)C(c1ccc(N3CCC(C(O)(c4ccccc4)c4ccccc4)CC3)cc1)=NC([C@H](C)C(=O)O)c1nnc(C)n1-2. The van der Waals surface area contributed by atoms with E-state index in [1.165, 1.54) is 4.88 Å². The second-order valence-corrected chi connectivity index (χ2v) is 14.0. The molecule has 2 aliphatic rings. The van der Waals surface area contributed by atoms with Crippen LogP contribution in [0, 0.1) is 32.6 Å². The highest BCUT2D eigenvalue weighted by Gasteiger charge is 2.42. The van der Waals surface area contributed by atoms with Crippen molar-refractivity contribution in [1.29, 1.82) is 0 Å². The molecule has 2 N–H and O–H groups in total. The summed E-state index contributed by atoms with van der Waals surface area (Å²) in [5, 5.41) is 32.1. The predicted molar refractivity (Wildman–Crippen MR) is 186 cm³/mol. The number of aryl methyl sites for hydroxylation is 2. The van der Waals surface area contributed by atoms with Crippen LogP contribution in [0.2, 0.25) is 0 Å². The summed E-state index contributed by atoms with van der Waals surface area (Å²) in [4.78, 5) is 20.9. The molecule has 0 aliphatic carbocycles. The Kier molecular flexibility index (Phi) is 8.06. The van der Waals surface area contributed by atoms with Gasteiger partial charge in [0.25, 0.3) is 0 Å². The van der Waals surface area contributed by atoms with Gasteiger partial charge in [-0.15, -0.1) is 21.5 Å². The zero-order valence-electron chi connectivity index (χ0n) is 27.1. The number of nitrogens with zero attached hydrogens (tertiary/aromatic N) is 5. The molecule has 0 radical (unpaired) electrons. The molecule has 0 saturated carbocycles. The molecule has 1 unspecified atom stereocenters. The normalized spacial score (nSPS) is 17.4. The Morgan fingerprint density at radius 3 is 2.06 bits per heavy atom. The Bertz CT molecular complexity index is 1900. The lowest BCUT2D eigenvalue weighted by atomic mass is 9.72. The van der Waals surface area contributed by atoms with Crippen molar-refractivity contribution in [3.05, 3.63) is 129 Å². The van der Waals surface area contributed by atoms with Gasteiger partial charge in [0.15, 0.2) is 5.82 Å². The molecule has 7 rings (SSSR count). The zero-order valence-corrected chi connectivity index (χ0v) is 27.9. The van der Waals surface area contributed by atoms with Crippen LogP contribution in [0.1, 0.15) is 70.2 Å². The highest BCUT2D eigenvalue weighted by Crippen LogP contribution is 2.43. The third-order valence-electron chi connectivity index (χ3n) is 10.1. The second kappa shape index (κ2) is 12.2. The predicted octanol–water partition coefficient (Wildman–Crippen LogP) is 7.02. The van der Waals surface area contributed by atoms with Crippen LogP contribution in [0.15, 0.2) is 89.9 Å². The van der Waals surface area contributed by atoms with E-state index >= 15 is 0 Å². The fourth-order valence-corrected chi connectivity index (χ4v) is 8.44. The number of piperidine rings is 1. The average molecular weight is 646 g/mol. The third kappa shape index (κ3) is 5.27. The molecule has 0 spiro atoms. The van der Waals surface area contributed by atoms with E-state index in [1.807, 2.05) is 72.2 Å². The van der Waals surface area contributed by atoms with E-state index < -0.39 is 23.5 Å². The first kappa shape index (κ1) is 31.0. The summed E-state index contributed by atoms with van der Waals surface area (Å²) in [5.74, 6) is -0.363. The first-order valence-electron chi connectivity index (χ1n) is 16.2. The number of hydrogen-bond acceptors (Lipinski definition) is 7. The van der Waals surface area contributed by atoms with Gasteiger partial charge < -0.3 is 15.1 Å². The van der Waals surface area contributed by atoms with Crippen LogP contribution in [0.25, 0.3) is 5.00 Å². The number of anilines is 1. The molecule has 240 valence electrons. The zero-order chi connectivity index (χ0) is 32.9. The van der Waals surface area contributed by atoms with E-state index in [1.54, 1.807) is 18.3 Å². The number of carboxylic acids is 1. The highest BCUT2D eigenvalue weighted by atomic mass is 32.1. The number of aliphatic imine (C=N–C) groups is 1. The fourth-order valence-electron chi connectivity index (χ4n) is 7.23. The minimum Gasteiger partial charge on any atom is -0.481 e. The van der Waals surface area contributed by atoms with E-state index in [4.69, 9.17) is 4.99 Å². The molecule has 47 heavy (non-hydrogen) atoms. The average Bonchev–Trinajstić information content (AvgIpc) is 3.58. The van der Waals surface area contributed by atoms with Crippen molar-refractivity contribution in [1.82, 2.24) is 14.8 Å². The summed E-state index contributed by atoms with van der Waals surface area (Å²) in [7, 11) is 0. The first-order valence-corrected chi connectivity index (χ1v) is 17.0. The molecule has 2 aromatic heterocycles. The molecule has 1 saturated heterocycles. The van der Waals surface area contributed by atoms with Gasteiger partial charge in [-0.1, -0.05) is 72.8 Å². The molecule has 1 fully saturated rings. The number of aromatic nitrogens is 3. The van der Waals surface area contributed by atoms with Crippen molar-refractivity contribution >= 4 is 28.7 Å². The van der Waals surface area contributed by atoms with Crippen molar-refractivity contribution in [2.24, 2.45) is 16.8 Å². The maximum absolute atomic E-state index is 12.3. The van der Waals surface area contributed by atoms with Gasteiger partial charge in [0.1, 0.15) is 22.5 Å². The second-order valence-electron chi connectivity index (χ2n) is 12.8. The number of thiophene rings is 1. The van der Waals surface area contributed by atoms with Gasteiger partial charge in [0.05, 0.1) is 11.6 Å². The van der Waals surface area contributed by atoms with Crippen LogP contribution in [0.5, 0.6) is 0 Å². The van der Waals surface area contributed by atoms with E-state index in [0.717, 1.165) is 70.1 Å². The molecule has 9 heteroatoms. The Morgan fingerprint density at radius 2 is 1.49 bits per heavy atom. The van der Waals surface area contributed by atoms with Crippen molar-refractivity contribution in [3.63, 3.8) is 0 Å². The van der Waals surface area contributed by atoms with Crippen LogP contribution in [0.3, 0.4) is 0 Å². The van der Waals surface area contributed by atoms with E-state index in [0.29, 0.717) is 11.6 Å². The van der Waals surface area contributed by atoms with Gasteiger partial charge in [-0.2, -0.15) is 0 Å². The van der Waals surface area contributed by atoms with Gasteiger partial charge in [0, 0.05) is 34.8 Å². The van der Waals surface area contributed by atoms with Crippen LogP contribution in [-0.2, 0) is 10.4 Å². The Hall–Kier alpha value is -4.60. The molecular weight excluding hydrogens is 607 g/mol. The van der Waals surface area contributed by atoms with Crippen molar-refractivity contribution in [3.8, 4) is 5.00 Å². The van der Waals surface area contributed by atoms with Gasteiger partial charge in [0.2, 0.25) is 0 Å². The minimum atomic E-state index is -1.06. The number of hydrogen-bond donors (Lipinski definition) is 2. The lowest BCUT2D eigenvalue weighted by Gasteiger charge is -2.43.